The van der Waals surface area contributed by atoms with E-state index in [2.05, 4.69) is 10.1 Å². The van der Waals surface area contributed by atoms with Crippen LogP contribution in [0, 0.1) is 0 Å². The Labute approximate surface area is 177 Å². The fraction of sp³-hybridized carbons (Fsp3) is 0.250. The van der Waals surface area contributed by atoms with Gasteiger partial charge >= 0.3 is 6.18 Å². The lowest BCUT2D eigenvalue weighted by molar-refractivity contribution is -0.142. The van der Waals surface area contributed by atoms with E-state index < -0.39 is 11.9 Å². The third kappa shape index (κ3) is 3.29. The van der Waals surface area contributed by atoms with Gasteiger partial charge in [0.1, 0.15) is 0 Å². The van der Waals surface area contributed by atoms with Gasteiger partial charge in [0.05, 0.1) is 16.6 Å². The lowest BCUT2D eigenvalue weighted by Crippen LogP contribution is -2.30. The van der Waals surface area contributed by atoms with Crippen molar-refractivity contribution in [2.45, 2.75) is 25.1 Å². The molecule has 0 radical (unpaired) electrons. The molecule has 1 atom stereocenters. The van der Waals surface area contributed by atoms with Crippen molar-refractivity contribution >= 4 is 34.2 Å². The molecule has 0 aliphatic carbocycles. The number of likely N-dealkylation sites (tertiary alicyclic amines) is 1. The first-order valence-corrected chi connectivity index (χ1v) is 11.0. The molecule has 5 rings (SSSR count). The van der Waals surface area contributed by atoms with Crippen LogP contribution in [0.4, 0.5) is 13.2 Å². The highest BCUT2D eigenvalue weighted by molar-refractivity contribution is 7.13. The van der Waals surface area contributed by atoms with Crippen molar-refractivity contribution in [1.29, 1.82) is 0 Å². The van der Waals surface area contributed by atoms with Crippen LogP contribution in [0.1, 0.15) is 39.9 Å². The summed E-state index contributed by atoms with van der Waals surface area (Å²) in [7, 11) is 0. The van der Waals surface area contributed by atoms with E-state index in [0.29, 0.717) is 11.4 Å². The zero-order valence-electron chi connectivity index (χ0n) is 15.5. The van der Waals surface area contributed by atoms with E-state index in [1.165, 1.54) is 17.4 Å². The number of rotatable bonds is 3. The van der Waals surface area contributed by atoms with Crippen molar-refractivity contribution in [3.63, 3.8) is 0 Å². The Balaban J connectivity index is 1.58. The lowest BCUT2D eigenvalue weighted by Gasteiger charge is -2.22. The normalized spacial score (nSPS) is 17.2. The maximum atomic E-state index is 13.7. The summed E-state index contributed by atoms with van der Waals surface area (Å²) in [6, 6.07) is 9.62. The first-order valence-electron chi connectivity index (χ1n) is 9.28. The number of fused-ring (bicyclic) bond motifs is 1. The van der Waals surface area contributed by atoms with Crippen LogP contribution in [-0.2, 0) is 6.18 Å². The van der Waals surface area contributed by atoms with Crippen LogP contribution in [0.25, 0.3) is 16.2 Å². The number of carbonyl (C=O) groups excluding carboxylic acids is 1. The topological polar surface area (TPSA) is 50.5 Å². The predicted octanol–water partition coefficient (Wildman–Crippen LogP) is 5.52. The lowest BCUT2D eigenvalue weighted by atomic mass is 10.2. The highest BCUT2D eigenvalue weighted by atomic mass is 32.1. The quantitative estimate of drug-likeness (QED) is 0.415. The molecule has 4 aromatic heterocycles. The molecule has 0 bridgehead atoms. The third-order valence-corrected chi connectivity index (χ3v) is 6.96. The van der Waals surface area contributed by atoms with Crippen molar-refractivity contribution in [2.75, 3.05) is 6.54 Å². The molecule has 30 heavy (non-hydrogen) atoms. The Bertz CT molecular complexity index is 1200. The Morgan fingerprint density at radius 2 is 1.93 bits per heavy atom. The molecule has 10 heteroatoms. The van der Waals surface area contributed by atoms with Crippen LogP contribution in [0.2, 0.25) is 0 Å². The second kappa shape index (κ2) is 7.21. The molecule has 5 nitrogen and oxygen atoms in total. The standard InChI is InChI=1S/C20H15F3N4OS2/c21-20(22,23)17-10-12(15-5-2-8-29-15)24-18-11-13(25-27(17)18)19(28)26-7-1-4-14(26)16-6-3-9-30-16/h2-3,5-6,8-11,14H,1,4,7H2/t14-/m1/s1. The van der Waals surface area contributed by atoms with Crippen molar-refractivity contribution in [1.82, 2.24) is 19.5 Å². The number of nitrogens with zero attached hydrogens (tertiary/aromatic N) is 4. The highest BCUT2D eigenvalue weighted by Gasteiger charge is 2.37. The Hall–Kier alpha value is -2.72. The third-order valence-electron chi connectivity index (χ3n) is 5.10. The average molecular weight is 448 g/mol. The maximum absolute atomic E-state index is 13.7. The van der Waals surface area contributed by atoms with E-state index in [4.69, 9.17) is 0 Å². The van der Waals surface area contributed by atoms with Gasteiger partial charge < -0.3 is 4.90 Å². The van der Waals surface area contributed by atoms with E-state index in [-0.39, 0.29) is 29.0 Å². The van der Waals surface area contributed by atoms with Gasteiger partial charge in [-0.2, -0.15) is 18.3 Å². The summed E-state index contributed by atoms with van der Waals surface area (Å²) in [6.07, 6.45) is -2.96. The summed E-state index contributed by atoms with van der Waals surface area (Å²) >= 11 is 2.87. The first kappa shape index (κ1) is 19.3. The molecule has 1 amide bonds. The molecule has 1 aliphatic heterocycles. The number of hydrogen-bond acceptors (Lipinski definition) is 5. The Kier molecular flexibility index (Phi) is 4.62. The van der Waals surface area contributed by atoms with E-state index >= 15 is 0 Å². The molecule has 0 N–H and O–H groups in total. The summed E-state index contributed by atoms with van der Waals surface area (Å²) in [5.74, 6) is -0.373. The van der Waals surface area contributed by atoms with Gasteiger partial charge in [0.25, 0.3) is 5.91 Å². The highest BCUT2D eigenvalue weighted by Crippen LogP contribution is 2.36. The smallest absolute Gasteiger partial charge is 0.329 e. The fourth-order valence-electron chi connectivity index (χ4n) is 3.77. The molecule has 1 fully saturated rings. The minimum Gasteiger partial charge on any atom is -0.329 e. The monoisotopic (exact) mass is 448 g/mol. The van der Waals surface area contributed by atoms with Gasteiger partial charge in [-0.05, 0) is 41.8 Å². The molecule has 154 valence electrons. The van der Waals surface area contributed by atoms with Gasteiger partial charge in [-0.1, -0.05) is 12.1 Å². The fourth-order valence-corrected chi connectivity index (χ4v) is 5.32. The van der Waals surface area contributed by atoms with Gasteiger partial charge in [-0.15, -0.1) is 22.7 Å². The van der Waals surface area contributed by atoms with Gasteiger partial charge in [0.15, 0.2) is 17.0 Å². The molecule has 0 spiro atoms. The van der Waals surface area contributed by atoms with Crippen LogP contribution in [0.3, 0.4) is 0 Å². The predicted molar refractivity (Wildman–Crippen MR) is 109 cm³/mol. The van der Waals surface area contributed by atoms with Crippen molar-refractivity contribution in [2.24, 2.45) is 0 Å². The van der Waals surface area contributed by atoms with Crippen molar-refractivity contribution in [3.05, 3.63) is 63.4 Å². The van der Waals surface area contributed by atoms with E-state index in [1.807, 2.05) is 17.5 Å². The summed E-state index contributed by atoms with van der Waals surface area (Å²) < 4.78 is 41.9. The Morgan fingerprint density at radius 1 is 1.13 bits per heavy atom. The number of carbonyl (C=O) groups is 1. The molecule has 0 unspecified atom stereocenters. The zero-order valence-corrected chi connectivity index (χ0v) is 17.1. The molecule has 1 saturated heterocycles. The minimum absolute atomic E-state index is 0.00319. The number of hydrogen-bond donors (Lipinski definition) is 0. The van der Waals surface area contributed by atoms with E-state index in [1.54, 1.807) is 33.7 Å². The average Bonchev–Trinajstić information content (AvgIpc) is 3.51. The van der Waals surface area contributed by atoms with E-state index in [9.17, 15) is 18.0 Å². The molecular formula is C20H15F3N4OS2. The van der Waals surface area contributed by atoms with Crippen LogP contribution in [-0.4, -0.2) is 31.9 Å². The van der Waals surface area contributed by atoms with E-state index in [0.717, 1.165) is 28.3 Å². The van der Waals surface area contributed by atoms with Crippen molar-refractivity contribution in [3.8, 4) is 10.6 Å². The van der Waals surface area contributed by atoms with Crippen LogP contribution < -0.4 is 0 Å². The molecule has 0 saturated carbocycles. The SMILES string of the molecule is O=C(c1cc2nc(-c3cccs3)cc(C(F)(F)F)n2n1)N1CCC[C@@H]1c1cccs1. The molecular weight excluding hydrogens is 433 g/mol. The molecule has 1 aliphatic rings. The van der Waals surface area contributed by atoms with Gasteiger partial charge in [0, 0.05) is 17.5 Å². The maximum Gasteiger partial charge on any atom is 0.433 e. The van der Waals surface area contributed by atoms with Gasteiger partial charge in [-0.25, -0.2) is 9.50 Å². The number of aromatic nitrogens is 3. The number of amides is 1. The summed E-state index contributed by atoms with van der Waals surface area (Å²) in [6.45, 7) is 0.551. The summed E-state index contributed by atoms with van der Waals surface area (Å²) in [5.41, 5.74) is -0.768. The molecule has 4 aromatic rings. The first-order chi connectivity index (χ1) is 14.4. The second-order valence-electron chi connectivity index (χ2n) is 6.97. The number of thiophene rings is 2. The summed E-state index contributed by atoms with van der Waals surface area (Å²) in [4.78, 5) is 20.9. The Morgan fingerprint density at radius 3 is 2.63 bits per heavy atom. The molecule has 5 heterocycles. The zero-order chi connectivity index (χ0) is 20.9. The van der Waals surface area contributed by atoms with Gasteiger partial charge in [0.2, 0.25) is 0 Å². The minimum atomic E-state index is -4.63. The molecule has 0 aromatic carbocycles. The second-order valence-corrected chi connectivity index (χ2v) is 8.90. The number of halogens is 3. The van der Waals surface area contributed by atoms with Crippen LogP contribution in [0.5, 0.6) is 0 Å². The van der Waals surface area contributed by atoms with Crippen molar-refractivity contribution < 1.29 is 18.0 Å². The van der Waals surface area contributed by atoms with Crippen LogP contribution >= 0.6 is 22.7 Å². The largest absolute Gasteiger partial charge is 0.433 e. The van der Waals surface area contributed by atoms with Gasteiger partial charge in [-0.3, -0.25) is 4.79 Å². The summed E-state index contributed by atoms with van der Waals surface area (Å²) in [5, 5.41) is 7.74. The number of alkyl halides is 3. The van der Waals surface area contributed by atoms with Crippen LogP contribution in [0.15, 0.2) is 47.2 Å².